The topological polar surface area (TPSA) is 71.5 Å². The van der Waals surface area contributed by atoms with Crippen molar-refractivity contribution in [1.82, 2.24) is 10.3 Å². The van der Waals surface area contributed by atoms with Crippen molar-refractivity contribution in [2.75, 3.05) is 19.8 Å². The highest BCUT2D eigenvalue weighted by molar-refractivity contribution is 5.95. The van der Waals surface area contributed by atoms with Gasteiger partial charge in [-0.1, -0.05) is 11.8 Å². The Morgan fingerprint density at radius 2 is 2.50 bits per heavy atom. The van der Waals surface area contributed by atoms with Crippen molar-refractivity contribution in [2.24, 2.45) is 0 Å². The second-order valence-corrected chi connectivity index (χ2v) is 4.99. The zero-order valence-electron chi connectivity index (χ0n) is 11.5. The van der Waals surface area contributed by atoms with E-state index in [2.05, 4.69) is 22.1 Å². The fourth-order valence-corrected chi connectivity index (χ4v) is 2.00. The third-order valence-corrected chi connectivity index (χ3v) is 3.12. The Labute approximate surface area is 118 Å². The van der Waals surface area contributed by atoms with Crippen LogP contribution < -0.4 is 5.32 Å². The van der Waals surface area contributed by atoms with Crippen molar-refractivity contribution in [2.45, 2.75) is 25.3 Å². The molecule has 2 N–H and O–H groups in total. The average Bonchev–Trinajstić information content (AvgIpc) is 2.86. The number of nitrogens with one attached hydrogen (secondary N) is 1. The molecule has 2 heterocycles. The zero-order chi connectivity index (χ0) is 14.4. The molecule has 0 bridgehead atoms. The molecule has 0 aliphatic carbocycles. The molecule has 1 aliphatic rings. The third-order valence-electron chi connectivity index (χ3n) is 3.12. The van der Waals surface area contributed by atoms with Crippen LogP contribution in [0.15, 0.2) is 18.3 Å². The van der Waals surface area contributed by atoms with E-state index in [4.69, 9.17) is 9.84 Å². The Balaban J connectivity index is 2.15. The summed E-state index contributed by atoms with van der Waals surface area (Å²) in [5, 5.41) is 11.7. The second kappa shape index (κ2) is 6.51. The van der Waals surface area contributed by atoms with Gasteiger partial charge in [-0.05, 0) is 25.5 Å². The van der Waals surface area contributed by atoms with Crippen molar-refractivity contribution in [3.8, 4) is 11.8 Å². The number of rotatable bonds is 3. The first-order valence-corrected chi connectivity index (χ1v) is 6.60. The number of amides is 1. The summed E-state index contributed by atoms with van der Waals surface area (Å²) in [5.74, 6) is 5.43. The van der Waals surface area contributed by atoms with Gasteiger partial charge in [0, 0.05) is 19.2 Å². The largest absolute Gasteiger partial charge is 0.395 e. The molecular weight excluding hydrogens is 256 g/mol. The maximum atomic E-state index is 12.3. The summed E-state index contributed by atoms with van der Waals surface area (Å²) in [5.41, 5.74) is 0.539. The van der Waals surface area contributed by atoms with Gasteiger partial charge in [0.2, 0.25) is 0 Å². The van der Waals surface area contributed by atoms with Crippen molar-refractivity contribution in [3.63, 3.8) is 0 Å². The maximum absolute atomic E-state index is 12.3. The van der Waals surface area contributed by atoms with Crippen LogP contribution in [0.2, 0.25) is 0 Å². The SMILES string of the molecule is CC1(NC(=O)c2ncccc2C#CCCO)CCOC1. The van der Waals surface area contributed by atoms with Crippen molar-refractivity contribution < 1.29 is 14.6 Å². The van der Waals surface area contributed by atoms with Crippen molar-refractivity contribution in [3.05, 3.63) is 29.6 Å². The highest BCUT2D eigenvalue weighted by atomic mass is 16.5. The molecule has 1 aromatic heterocycles. The van der Waals surface area contributed by atoms with Crippen LogP contribution in [0.5, 0.6) is 0 Å². The van der Waals surface area contributed by atoms with Gasteiger partial charge in [-0.3, -0.25) is 4.79 Å². The smallest absolute Gasteiger partial charge is 0.271 e. The molecule has 1 unspecified atom stereocenters. The van der Waals surface area contributed by atoms with E-state index in [9.17, 15) is 4.79 Å². The van der Waals surface area contributed by atoms with Crippen LogP contribution >= 0.6 is 0 Å². The van der Waals surface area contributed by atoms with Crippen LogP contribution in [0.25, 0.3) is 0 Å². The molecule has 5 nitrogen and oxygen atoms in total. The summed E-state index contributed by atoms with van der Waals surface area (Å²) in [7, 11) is 0. The normalized spacial score (nSPS) is 21.1. The summed E-state index contributed by atoms with van der Waals surface area (Å²) in [6, 6.07) is 3.49. The minimum atomic E-state index is -0.343. The number of ether oxygens (including phenoxy) is 1. The number of carbonyl (C=O) groups excluding carboxylic acids is 1. The molecule has 1 aliphatic heterocycles. The average molecular weight is 274 g/mol. The maximum Gasteiger partial charge on any atom is 0.271 e. The van der Waals surface area contributed by atoms with Gasteiger partial charge in [0.05, 0.1) is 24.3 Å². The summed E-state index contributed by atoms with van der Waals surface area (Å²) in [4.78, 5) is 16.4. The third kappa shape index (κ3) is 3.56. The highest BCUT2D eigenvalue weighted by Crippen LogP contribution is 2.18. The van der Waals surface area contributed by atoms with Crippen LogP contribution in [0, 0.1) is 11.8 Å². The van der Waals surface area contributed by atoms with Gasteiger partial charge in [0.15, 0.2) is 0 Å². The van der Waals surface area contributed by atoms with Gasteiger partial charge >= 0.3 is 0 Å². The molecule has 0 radical (unpaired) electrons. The van der Waals surface area contributed by atoms with Gasteiger partial charge in [-0.15, -0.1) is 0 Å². The summed E-state index contributed by atoms with van der Waals surface area (Å²) >= 11 is 0. The minimum Gasteiger partial charge on any atom is -0.395 e. The number of aliphatic hydroxyl groups excluding tert-OH is 1. The fraction of sp³-hybridized carbons (Fsp3) is 0.467. The monoisotopic (exact) mass is 274 g/mol. The number of hydrogen-bond donors (Lipinski definition) is 2. The van der Waals surface area contributed by atoms with Crippen LogP contribution in [0.3, 0.4) is 0 Å². The van der Waals surface area contributed by atoms with Gasteiger partial charge < -0.3 is 15.2 Å². The highest BCUT2D eigenvalue weighted by Gasteiger charge is 2.32. The van der Waals surface area contributed by atoms with Gasteiger partial charge in [-0.2, -0.15) is 0 Å². The first-order valence-electron chi connectivity index (χ1n) is 6.60. The van der Waals surface area contributed by atoms with E-state index in [1.54, 1.807) is 18.3 Å². The van der Waals surface area contributed by atoms with E-state index in [0.717, 1.165) is 6.42 Å². The number of pyridine rings is 1. The van der Waals surface area contributed by atoms with Gasteiger partial charge in [-0.25, -0.2) is 4.98 Å². The molecule has 2 rings (SSSR count). The predicted molar refractivity (Wildman–Crippen MR) is 74.1 cm³/mol. The first kappa shape index (κ1) is 14.5. The predicted octanol–water partition coefficient (Wildman–Crippen LogP) is 0.724. The van der Waals surface area contributed by atoms with Crippen molar-refractivity contribution in [1.29, 1.82) is 0 Å². The number of nitrogens with zero attached hydrogens (tertiary/aromatic N) is 1. The lowest BCUT2D eigenvalue weighted by molar-refractivity contribution is 0.0884. The molecule has 106 valence electrons. The van der Waals surface area contributed by atoms with Gasteiger partial charge in [0.1, 0.15) is 5.69 Å². The summed E-state index contributed by atoms with van der Waals surface area (Å²) < 4.78 is 5.32. The van der Waals surface area contributed by atoms with Crippen molar-refractivity contribution >= 4 is 5.91 Å². The van der Waals surface area contributed by atoms with E-state index < -0.39 is 0 Å². The van der Waals surface area contributed by atoms with Crippen LogP contribution in [0.1, 0.15) is 35.8 Å². The molecule has 0 saturated carbocycles. The molecular formula is C15H18N2O3. The fourth-order valence-electron chi connectivity index (χ4n) is 2.00. The molecule has 1 aromatic rings. The lowest BCUT2D eigenvalue weighted by Crippen LogP contribution is -2.46. The Kier molecular flexibility index (Phi) is 4.72. The molecule has 1 fully saturated rings. The Morgan fingerprint density at radius 1 is 1.65 bits per heavy atom. The van der Waals surface area contributed by atoms with Gasteiger partial charge in [0.25, 0.3) is 5.91 Å². The molecule has 20 heavy (non-hydrogen) atoms. The quantitative estimate of drug-likeness (QED) is 0.797. The molecule has 1 atom stereocenters. The van der Waals surface area contributed by atoms with Crippen LogP contribution in [-0.2, 0) is 4.74 Å². The van der Waals surface area contributed by atoms with E-state index >= 15 is 0 Å². The van der Waals surface area contributed by atoms with Crippen LogP contribution in [0.4, 0.5) is 0 Å². The number of hydrogen-bond acceptors (Lipinski definition) is 4. The Bertz CT molecular complexity index is 540. The Hall–Kier alpha value is -1.90. The Morgan fingerprint density at radius 3 is 3.20 bits per heavy atom. The molecule has 1 amide bonds. The number of aromatic nitrogens is 1. The van der Waals surface area contributed by atoms with Crippen LogP contribution in [-0.4, -0.2) is 41.4 Å². The first-order chi connectivity index (χ1) is 9.64. The number of carbonyl (C=O) groups is 1. The standard InChI is InChI=1S/C15H18N2O3/c1-15(7-10-20-11-15)17-14(19)13-12(5-2-3-9-18)6-4-8-16-13/h4,6,8,18H,3,7,9-11H2,1H3,(H,17,19). The van der Waals surface area contributed by atoms with E-state index in [1.807, 2.05) is 6.92 Å². The minimum absolute atomic E-state index is 0.00417. The molecule has 5 heteroatoms. The molecule has 0 spiro atoms. The summed E-state index contributed by atoms with van der Waals surface area (Å²) in [6.45, 7) is 3.13. The lowest BCUT2D eigenvalue weighted by atomic mass is 10.0. The van der Waals surface area contributed by atoms with E-state index in [-0.39, 0.29) is 18.1 Å². The molecule has 0 aromatic carbocycles. The zero-order valence-corrected chi connectivity index (χ0v) is 11.5. The molecule has 1 saturated heterocycles. The summed E-state index contributed by atoms with van der Waals surface area (Å²) in [6.07, 6.45) is 2.73. The second-order valence-electron chi connectivity index (χ2n) is 4.99. The van der Waals surface area contributed by atoms with E-state index in [1.165, 1.54) is 0 Å². The lowest BCUT2D eigenvalue weighted by Gasteiger charge is -2.23. The number of aliphatic hydroxyl groups is 1. The van der Waals surface area contributed by atoms with E-state index in [0.29, 0.717) is 30.9 Å².